The number of carbonyl (C=O) groups excluding carboxylic acids is 1. The lowest BCUT2D eigenvalue weighted by Gasteiger charge is -2.20. The van der Waals surface area contributed by atoms with E-state index in [1.54, 1.807) is 0 Å². The van der Waals surface area contributed by atoms with Gasteiger partial charge in [0.25, 0.3) is 5.91 Å². The van der Waals surface area contributed by atoms with Crippen LogP contribution >= 0.6 is 0 Å². The van der Waals surface area contributed by atoms with Gasteiger partial charge in [0.05, 0.1) is 6.61 Å². The molecule has 1 rings (SSSR count). The summed E-state index contributed by atoms with van der Waals surface area (Å²) in [4.78, 5) is 24.1. The lowest BCUT2D eigenvalue weighted by molar-refractivity contribution is 0.0641. The van der Waals surface area contributed by atoms with Gasteiger partial charge in [0.2, 0.25) is 5.76 Å². The molecular formula is C12H17NO5. The Labute approximate surface area is 105 Å². The van der Waals surface area contributed by atoms with Gasteiger partial charge in [-0.05, 0) is 18.6 Å². The van der Waals surface area contributed by atoms with Crippen molar-refractivity contribution in [2.45, 2.75) is 19.8 Å². The van der Waals surface area contributed by atoms with Crippen molar-refractivity contribution in [2.24, 2.45) is 0 Å². The van der Waals surface area contributed by atoms with Crippen LogP contribution in [0, 0.1) is 0 Å². The molecule has 1 aromatic heterocycles. The molecule has 0 aliphatic carbocycles. The number of carboxylic acids is 1. The third-order valence-electron chi connectivity index (χ3n) is 2.47. The van der Waals surface area contributed by atoms with Gasteiger partial charge in [-0.3, -0.25) is 4.79 Å². The standard InChI is InChI=1S/C12H17NO5/c1-2-3-6-13(7-8-14)11(15)9-4-5-10(18-9)12(16)17/h4-5,14H,2-3,6-8H2,1H3,(H,16,17). The van der Waals surface area contributed by atoms with Crippen LogP contribution in [-0.2, 0) is 0 Å². The Bertz CT molecular complexity index is 412. The van der Waals surface area contributed by atoms with E-state index in [4.69, 9.17) is 14.6 Å². The van der Waals surface area contributed by atoms with E-state index < -0.39 is 11.9 Å². The number of furan rings is 1. The number of hydrogen-bond donors (Lipinski definition) is 2. The summed E-state index contributed by atoms with van der Waals surface area (Å²) in [6.07, 6.45) is 1.74. The predicted molar refractivity (Wildman–Crippen MR) is 63.6 cm³/mol. The van der Waals surface area contributed by atoms with Crippen LogP contribution in [0.25, 0.3) is 0 Å². The number of carboxylic acid groups (broad SMARTS) is 1. The summed E-state index contributed by atoms with van der Waals surface area (Å²) in [5.41, 5.74) is 0. The zero-order valence-electron chi connectivity index (χ0n) is 10.3. The first-order chi connectivity index (χ1) is 8.60. The highest BCUT2D eigenvalue weighted by Crippen LogP contribution is 2.11. The van der Waals surface area contributed by atoms with E-state index in [0.29, 0.717) is 6.54 Å². The SMILES string of the molecule is CCCCN(CCO)C(=O)c1ccc(C(=O)O)o1. The predicted octanol–water partition coefficient (Wildman–Crippen LogP) is 1.21. The molecule has 1 aromatic rings. The summed E-state index contributed by atoms with van der Waals surface area (Å²) < 4.78 is 4.94. The average molecular weight is 255 g/mol. The van der Waals surface area contributed by atoms with Gasteiger partial charge < -0.3 is 19.5 Å². The number of unbranched alkanes of at least 4 members (excludes halogenated alkanes) is 1. The lowest BCUT2D eigenvalue weighted by Crippen LogP contribution is -2.34. The quantitative estimate of drug-likeness (QED) is 0.764. The van der Waals surface area contributed by atoms with Crippen LogP contribution in [-0.4, -0.2) is 46.7 Å². The van der Waals surface area contributed by atoms with Crippen molar-refractivity contribution in [3.63, 3.8) is 0 Å². The minimum absolute atomic E-state index is 0.0167. The molecule has 0 unspecified atom stereocenters. The summed E-state index contributed by atoms with van der Waals surface area (Å²) in [5.74, 6) is -1.89. The third-order valence-corrected chi connectivity index (χ3v) is 2.47. The average Bonchev–Trinajstić information content (AvgIpc) is 2.83. The molecule has 1 amide bonds. The van der Waals surface area contributed by atoms with Crippen molar-refractivity contribution in [1.29, 1.82) is 0 Å². The van der Waals surface area contributed by atoms with Crippen LogP contribution in [0.3, 0.4) is 0 Å². The van der Waals surface area contributed by atoms with E-state index in [0.717, 1.165) is 12.8 Å². The molecule has 6 nitrogen and oxygen atoms in total. The summed E-state index contributed by atoms with van der Waals surface area (Å²) in [5, 5.41) is 17.6. The zero-order valence-corrected chi connectivity index (χ0v) is 10.3. The van der Waals surface area contributed by atoms with Gasteiger partial charge in [0, 0.05) is 13.1 Å². The first kappa shape index (κ1) is 14.2. The maximum Gasteiger partial charge on any atom is 0.371 e. The minimum atomic E-state index is -1.21. The molecule has 0 saturated carbocycles. The molecule has 18 heavy (non-hydrogen) atoms. The zero-order chi connectivity index (χ0) is 13.5. The Hall–Kier alpha value is -1.82. The van der Waals surface area contributed by atoms with Gasteiger partial charge in [-0.1, -0.05) is 13.3 Å². The molecule has 0 aliphatic heterocycles. The van der Waals surface area contributed by atoms with Crippen molar-refractivity contribution in [3.8, 4) is 0 Å². The van der Waals surface area contributed by atoms with Crippen molar-refractivity contribution in [1.82, 2.24) is 4.90 Å². The lowest BCUT2D eigenvalue weighted by atomic mass is 10.3. The summed E-state index contributed by atoms with van der Waals surface area (Å²) >= 11 is 0. The molecule has 0 fully saturated rings. The molecule has 0 radical (unpaired) electrons. The van der Waals surface area contributed by atoms with Gasteiger partial charge in [-0.2, -0.15) is 0 Å². The van der Waals surface area contributed by atoms with E-state index in [9.17, 15) is 9.59 Å². The highest BCUT2D eigenvalue weighted by Gasteiger charge is 2.20. The number of amides is 1. The number of aliphatic hydroxyl groups is 1. The fraction of sp³-hybridized carbons (Fsp3) is 0.500. The fourth-order valence-corrected chi connectivity index (χ4v) is 1.51. The Morgan fingerprint density at radius 3 is 2.44 bits per heavy atom. The Morgan fingerprint density at radius 1 is 1.28 bits per heavy atom. The van der Waals surface area contributed by atoms with Crippen LogP contribution in [0.4, 0.5) is 0 Å². The molecule has 100 valence electrons. The van der Waals surface area contributed by atoms with Gasteiger partial charge >= 0.3 is 5.97 Å². The van der Waals surface area contributed by atoms with Gasteiger partial charge in [0.1, 0.15) is 0 Å². The van der Waals surface area contributed by atoms with Crippen molar-refractivity contribution in [3.05, 3.63) is 23.7 Å². The van der Waals surface area contributed by atoms with Crippen molar-refractivity contribution in [2.75, 3.05) is 19.7 Å². The van der Waals surface area contributed by atoms with E-state index in [2.05, 4.69) is 0 Å². The second-order valence-electron chi connectivity index (χ2n) is 3.84. The van der Waals surface area contributed by atoms with Crippen LogP contribution < -0.4 is 0 Å². The van der Waals surface area contributed by atoms with Gasteiger partial charge in [0.15, 0.2) is 5.76 Å². The Balaban J connectivity index is 2.77. The molecule has 0 spiro atoms. The summed E-state index contributed by atoms with van der Waals surface area (Å²) in [7, 11) is 0. The van der Waals surface area contributed by atoms with Crippen LogP contribution in [0.5, 0.6) is 0 Å². The van der Waals surface area contributed by atoms with Crippen LogP contribution in [0.2, 0.25) is 0 Å². The first-order valence-corrected chi connectivity index (χ1v) is 5.83. The second kappa shape index (κ2) is 6.80. The molecule has 0 aromatic carbocycles. The highest BCUT2D eigenvalue weighted by molar-refractivity contribution is 5.93. The Morgan fingerprint density at radius 2 is 1.94 bits per heavy atom. The molecule has 0 bridgehead atoms. The van der Waals surface area contributed by atoms with E-state index in [1.165, 1.54) is 17.0 Å². The largest absolute Gasteiger partial charge is 0.475 e. The molecular weight excluding hydrogens is 238 g/mol. The third kappa shape index (κ3) is 3.59. The van der Waals surface area contributed by atoms with Gasteiger partial charge in [-0.15, -0.1) is 0 Å². The Kier molecular flexibility index (Phi) is 5.38. The normalized spacial score (nSPS) is 10.3. The number of hydrogen-bond acceptors (Lipinski definition) is 4. The van der Waals surface area contributed by atoms with E-state index in [-0.39, 0.29) is 24.7 Å². The van der Waals surface area contributed by atoms with Gasteiger partial charge in [-0.25, -0.2) is 4.79 Å². The maximum absolute atomic E-state index is 12.0. The monoisotopic (exact) mass is 255 g/mol. The fourth-order valence-electron chi connectivity index (χ4n) is 1.51. The second-order valence-corrected chi connectivity index (χ2v) is 3.84. The summed E-state index contributed by atoms with van der Waals surface area (Å²) in [6, 6.07) is 2.58. The molecule has 0 saturated heterocycles. The van der Waals surface area contributed by atoms with E-state index >= 15 is 0 Å². The first-order valence-electron chi connectivity index (χ1n) is 5.83. The molecule has 0 atom stereocenters. The molecule has 6 heteroatoms. The van der Waals surface area contributed by atoms with E-state index in [1.807, 2.05) is 6.92 Å². The number of aromatic carboxylic acids is 1. The van der Waals surface area contributed by atoms with Crippen LogP contribution in [0.1, 0.15) is 40.9 Å². The number of aliphatic hydroxyl groups excluding tert-OH is 1. The number of rotatable bonds is 7. The van der Waals surface area contributed by atoms with Crippen LogP contribution in [0.15, 0.2) is 16.5 Å². The highest BCUT2D eigenvalue weighted by atomic mass is 16.4. The molecule has 0 aliphatic rings. The molecule has 2 N–H and O–H groups in total. The van der Waals surface area contributed by atoms with Crippen molar-refractivity contribution < 1.29 is 24.2 Å². The summed E-state index contributed by atoms with van der Waals surface area (Å²) in [6.45, 7) is 2.58. The number of nitrogens with zero attached hydrogens (tertiary/aromatic N) is 1. The number of carbonyl (C=O) groups is 2. The van der Waals surface area contributed by atoms with Crippen molar-refractivity contribution >= 4 is 11.9 Å². The maximum atomic E-state index is 12.0. The molecule has 1 heterocycles. The topological polar surface area (TPSA) is 91.0 Å². The minimum Gasteiger partial charge on any atom is -0.475 e. The smallest absolute Gasteiger partial charge is 0.371 e.